The highest BCUT2D eigenvalue weighted by molar-refractivity contribution is 8.00. The molecule has 0 fully saturated rings. The van der Waals surface area contributed by atoms with E-state index in [-0.39, 0.29) is 17.2 Å². The molecule has 2 nitrogen and oxygen atoms in total. The van der Waals surface area contributed by atoms with Crippen LogP contribution in [-0.2, 0) is 4.79 Å². The van der Waals surface area contributed by atoms with Crippen LogP contribution in [0.15, 0.2) is 59.5 Å². The molecule has 1 amide bonds. The van der Waals surface area contributed by atoms with E-state index in [0.717, 1.165) is 10.5 Å². The summed E-state index contributed by atoms with van der Waals surface area (Å²) in [6, 6.07) is 18.3. The second kappa shape index (κ2) is 7.32. The third-order valence-electron chi connectivity index (χ3n) is 3.36. The first-order chi connectivity index (χ1) is 10.1. The Kier molecular flexibility index (Phi) is 5.45. The maximum atomic E-state index is 12.3. The SMILES string of the molecule is Cc1ccc(S[C@@H](C)C(=O)N[C@H](C)c2ccccc2)cc1. The van der Waals surface area contributed by atoms with Crippen molar-refractivity contribution in [1.82, 2.24) is 5.32 Å². The van der Waals surface area contributed by atoms with Crippen molar-refractivity contribution in [3.05, 3.63) is 65.7 Å². The Bertz CT molecular complexity index is 580. The van der Waals surface area contributed by atoms with Gasteiger partial charge in [0.25, 0.3) is 0 Å². The fraction of sp³-hybridized carbons (Fsp3) is 0.278. The van der Waals surface area contributed by atoms with Crippen LogP contribution >= 0.6 is 11.8 Å². The standard InChI is InChI=1S/C18H21NOS/c1-13-9-11-17(12-10-13)21-15(3)18(20)19-14(2)16-7-5-4-6-8-16/h4-12,14-15H,1-3H3,(H,19,20)/t14-,15+/m1/s1. The van der Waals surface area contributed by atoms with Gasteiger partial charge in [0.2, 0.25) is 5.91 Å². The van der Waals surface area contributed by atoms with Gasteiger partial charge in [-0.25, -0.2) is 0 Å². The molecule has 3 heteroatoms. The Morgan fingerprint density at radius 3 is 2.24 bits per heavy atom. The van der Waals surface area contributed by atoms with E-state index >= 15 is 0 Å². The van der Waals surface area contributed by atoms with Crippen LogP contribution in [0.3, 0.4) is 0 Å². The maximum absolute atomic E-state index is 12.3. The van der Waals surface area contributed by atoms with Crippen molar-refractivity contribution < 1.29 is 4.79 Å². The number of benzene rings is 2. The third-order valence-corrected chi connectivity index (χ3v) is 4.47. The van der Waals surface area contributed by atoms with E-state index in [4.69, 9.17) is 0 Å². The van der Waals surface area contributed by atoms with Gasteiger partial charge >= 0.3 is 0 Å². The zero-order valence-corrected chi connectivity index (χ0v) is 13.5. The summed E-state index contributed by atoms with van der Waals surface area (Å²) >= 11 is 1.59. The molecule has 0 unspecified atom stereocenters. The van der Waals surface area contributed by atoms with E-state index in [1.54, 1.807) is 11.8 Å². The number of nitrogens with one attached hydrogen (secondary N) is 1. The summed E-state index contributed by atoms with van der Waals surface area (Å²) in [6.07, 6.45) is 0. The summed E-state index contributed by atoms with van der Waals surface area (Å²) in [5.74, 6) is 0.0666. The van der Waals surface area contributed by atoms with Crippen LogP contribution in [0.1, 0.15) is 31.0 Å². The average molecular weight is 299 g/mol. The second-order valence-electron chi connectivity index (χ2n) is 5.21. The molecule has 0 bridgehead atoms. The molecule has 1 N–H and O–H groups in total. The number of hydrogen-bond donors (Lipinski definition) is 1. The smallest absolute Gasteiger partial charge is 0.233 e. The van der Waals surface area contributed by atoms with Crippen LogP contribution in [0.25, 0.3) is 0 Å². The molecule has 0 aromatic heterocycles. The predicted molar refractivity (Wildman–Crippen MR) is 89.5 cm³/mol. The summed E-state index contributed by atoms with van der Waals surface area (Å²) in [7, 11) is 0. The Morgan fingerprint density at radius 1 is 1.00 bits per heavy atom. The average Bonchev–Trinajstić information content (AvgIpc) is 2.50. The highest BCUT2D eigenvalue weighted by atomic mass is 32.2. The summed E-state index contributed by atoms with van der Waals surface area (Å²) in [5, 5.41) is 2.96. The van der Waals surface area contributed by atoms with Gasteiger partial charge in [0.05, 0.1) is 11.3 Å². The molecule has 0 spiro atoms. The zero-order valence-electron chi connectivity index (χ0n) is 12.7. The number of thioether (sulfide) groups is 1. The molecule has 2 aromatic carbocycles. The molecule has 0 radical (unpaired) electrons. The van der Waals surface area contributed by atoms with Crippen LogP contribution in [0.2, 0.25) is 0 Å². The predicted octanol–water partition coefficient (Wildman–Crippen LogP) is 4.35. The van der Waals surface area contributed by atoms with Crippen molar-refractivity contribution in [2.75, 3.05) is 0 Å². The quantitative estimate of drug-likeness (QED) is 0.831. The minimum absolute atomic E-state index is 0.0276. The lowest BCUT2D eigenvalue weighted by atomic mass is 10.1. The highest BCUT2D eigenvalue weighted by Crippen LogP contribution is 2.24. The number of hydrogen-bond acceptors (Lipinski definition) is 2. The molecule has 0 aliphatic rings. The minimum atomic E-state index is -0.112. The molecular formula is C18H21NOS. The fourth-order valence-electron chi connectivity index (χ4n) is 2.03. The molecule has 0 aliphatic heterocycles. The first-order valence-electron chi connectivity index (χ1n) is 7.15. The molecule has 0 saturated heterocycles. The van der Waals surface area contributed by atoms with Gasteiger partial charge in [0.1, 0.15) is 0 Å². The van der Waals surface area contributed by atoms with Crippen molar-refractivity contribution in [1.29, 1.82) is 0 Å². The van der Waals surface area contributed by atoms with E-state index < -0.39 is 0 Å². The Labute approximate surface area is 131 Å². The van der Waals surface area contributed by atoms with Gasteiger partial charge in [0.15, 0.2) is 0 Å². The van der Waals surface area contributed by atoms with Crippen LogP contribution in [-0.4, -0.2) is 11.2 Å². The summed E-state index contributed by atoms with van der Waals surface area (Å²) in [5.41, 5.74) is 2.35. The molecule has 2 rings (SSSR count). The van der Waals surface area contributed by atoms with Crippen molar-refractivity contribution in [2.24, 2.45) is 0 Å². The molecule has 0 saturated carbocycles. The maximum Gasteiger partial charge on any atom is 0.233 e. The van der Waals surface area contributed by atoms with E-state index in [1.807, 2.05) is 44.2 Å². The topological polar surface area (TPSA) is 29.1 Å². The number of carbonyl (C=O) groups excluding carboxylic acids is 1. The van der Waals surface area contributed by atoms with Crippen LogP contribution in [0.5, 0.6) is 0 Å². The Balaban J connectivity index is 1.92. The summed E-state index contributed by atoms with van der Waals surface area (Å²) in [6.45, 7) is 6.01. The zero-order chi connectivity index (χ0) is 15.2. The van der Waals surface area contributed by atoms with Gasteiger partial charge in [-0.05, 0) is 38.5 Å². The number of amides is 1. The van der Waals surface area contributed by atoms with Gasteiger partial charge in [-0.3, -0.25) is 4.79 Å². The van der Waals surface area contributed by atoms with Crippen LogP contribution in [0.4, 0.5) is 0 Å². The van der Waals surface area contributed by atoms with E-state index in [1.165, 1.54) is 5.56 Å². The second-order valence-corrected chi connectivity index (χ2v) is 6.63. The van der Waals surface area contributed by atoms with Gasteiger partial charge in [-0.15, -0.1) is 11.8 Å². The molecule has 2 aromatic rings. The minimum Gasteiger partial charge on any atom is -0.349 e. The molecule has 21 heavy (non-hydrogen) atoms. The van der Waals surface area contributed by atoms with Crippen molar-refractivity contribution in [2.45, 2.75) is 37.0 Å². The lowest BCUT2D eigenvalue weighted by Crippen LogP contribution is -2.33. The van der Waals surface area contributed by atoms with Crippen LogP contribution < -0.4 is 5.32 Å². The largest absolute Gasteiger partial charge is 0.349 e. The van der Waals surface area contributed by atoms with Gasteiger partial charge < -0.3 is 5.32 Å². The van der Waals surface area contributed by atoms with Crippen molar-refractivity contribution >= 4 is 17.7 Å². The molecular weight excluding hydrogens is 278 g/mol. The van der Waals surface area contributed by atoms with Crippen molar-refractivity contribution in [3.8, 4) is 0 Å². The lowest BCUT2D eigenvalue weighted by molar-refractivity contribution is -0.120. The molecule has 2 atom stereocenters. The first-order valence-corrected chi connectivity index (χ1v) is 8.03. The lowest BCUT2D eigenvalue weighted by Gasteiger charge is -2.17. The Morgan fingerprint density at radius 2 is 1.62 bits per heavy atom. The van der Waals surface area contributed by atoms with Crippen molar-refractivity contribution in [3.63, 3.8) is 0 Å². The molecule has 110 valence electrons. The number of rotatable bonds is 5. The Hall–Kier alpha value is -1.74. The molecule has 0 aliphatic carbocycles. The number of carbonyl (C=O) groups is 1. The van der Waals surface area contributed by atoms with Gasteiger partial charge in [0, 0.05) is 4.90 Å². The van der Waals surface area contributed by atoms with Crippen LogP contribution in [0, 0.1) is 6.92 Å². The third kappa shape index (κ3) is 4.64. The van der Waals surface area contributed by atoms with Gasteiger partial charge in [-0.2, -0.15) is 0 Å². The summed E-state index contributed by atoms with van der Waals surface area (Å²) in [4.78, 5) is 13.4. The molecule has 0 heterocycles. The van der Waals surface area contributed by atoms with E-state index in [2.05, 4.69) is 36.5 Å². The van der Waals surface area contributed by atoms with E-state index in [0.29, 0.717) is 0 Å². The first kappa shape index (κ1) is 15.6. The highest BCUT2D eigenvalue weighted by Gasteiger charge is 2.17. The normalized spacial score (nSPS) is 13.5. The monoisotopic (exact) mass is 299 g/mol. The summed E-state index contributed by atoms with van der Waals surface area (Å²) < 4.78 is 0. The van der Waals surface area contributed by atoms with E-state index in [9.17, 15) is 4.79 Å². The van der Waals surface area contributed by atoms with Gasteiger partial charge in [-0.1, -0.05) is 48.0 Å². The fourth-order valence-corrected chi connectivity index (χ4v) is 2.91. The number of aryl methyl sites for hydroxylation is 1.